The van der Waals surface area contributed by atoms with E-state index < -0.39 is 0 Å². The summed E-state index contributed by atoms with van der Waals surface area (Å²) >= 11 is 0. The fourth-order valence-electron chi connectivity index (χ4n) is 2.12. The van der Waals surface area contributed by atoms with Crippen LogP contribution in [0.3, 0.4) is 0 Å². The molecule has 0 fully saturated rings. The third kappa shape index (κ3) is 4.05. The summed E-state index contributed by atoms with van der Waals surface area (Å²) in [5.74, 6) is 0.803. The molecule has 1 amide bonds. The molecule has 1 aromatic heterocycles. The number of benzene rings is 1. The highest BCUT2D eigenvalue weighted by atomic mass is 16.2. The summed E-state index contributed by atoms with van der Waals surface area (Å²) in [6.07, 6.45) is 1.63. The van der Waals surface area contributed by atoms with Crippen LogP contribution >= 0.6 is 0 Å². The summed E-state index contributed by atoms with van der Waals surface area (Å²) in [6.45, 7) is 6.10. The van der Waals surface area contributed by atoms with Crippen molar-refractivity contribution in [2.24, 2.45) is 0 Å². The van der Waals surface area contributed by atoms with Crippen molar-refractivity contribution in [2.45, 2.75) is 20.4 Å². The van der Waals surface area contributed by atoms with Crippen LogP contribution in [0, 0.1) is 0 Å². The van der Waals surface area contributed by atoms with E-state index in [9.17, 15) is 4.79 Å². The first-order valence-corrected chi connectivity index (χ1v) is 7.27. The van der Waals surface area contributed by atoms with E-state index in [1.54, 1.807) is 6.20 Å². The summed E-state index contributed by atoms with van der Waals surface area (Å²) in [5, 5.41) is 3.12. The molecule has 0 aliphatic heterocycles. The van der Waals surface area contributed by atoms with Crippen molar-refractivity contribution >= 4 is 11.7 Å². The number of nitrogens with one attached hydrogen (secondary N) is 1. The zero-order valence-corrected chi connectivity index (χ0v) is 12.5. The van der Waals surface area contributed by atoms with E-state index in [1.165, 1.54) is 0 Å². The Bertz CT molecular complexity index is 566. The number of rotatable bonds is 6. The van der Waals surface area contributed by atoms with Gasteiger partial charge in [0.15, 0.2) is 0 Å². The summed E-state index contributed by atoms with van der Waals surface area (Å²) in [7, 11) is 0. The van der Waals surface area contributed by atoms with Gasteiger partial charge in [-0.05, 0) is 31.5 Å². The fourth-order valence-corrected chi connectivity index (χ4v) is 2.12. The van der Waals surface area contributed by atoms with Gasteiger partial charge in [0.1, 0.15) is 5.82 Å². The van der Waals surface area contributed by atoms with Gasteiger partial charge < -0.3 is 10.2 Å². The zero-order chi connectivity index (χ0) is 15.1. The number of pyridine rings is 1. The second-order valence-electron chi connectivity index (χ2n) is 4.77. The van der Waals surface area contributed by atoms with Crippen LogP contribution in [0.1, 0.15) is 29.8 Å². The van der Waals surface area contributed by atoms with Gasteiger partial charge in [0, 0.05) is 25.8 Å². The zero-order valence-electron chi connectivity index (χ0n) is 12.5. The number of amides is 1. The quantitative estimate of drug-likeness (QED) is 0.885. The van der Waals surface area contributed by atoms with E-state index in [2.05, 4.69) is 10.3 Å². The normalized spacial score (nSPS) is 10.2. The molecule has 0 radical (unpaired) electrons. The number of nitrogens with zero attached hydrogens (tertiary/aromatic N) is 2. The van der Waals surface area contributed by atoms with E-state index in [0.29, 0.717) is 18.7 Å². The highest BCUT2D eigenvalue weighted by molar-refractivity contribution is 5.94. The SMILES string of the molecule is CCNc1ccc(C(=O)N(CC)Cc2ccccc2)cn1. The summed E-state index contributed by atoms with van der Waals surface area (Å²) < 4.78 is 0. The molecule has 0 aliphatic carbocycles. The lowest BCUT2D eigenvalue weighted by Crippen LogP contribution is -2.30. The van der Waals surface area contributed by atoms with Gasteiger partial charge in [-0.3, -0.25) is 4.79 Å². The van der Waals surface area contributed by atoms with E-state index in [4.69, 9.17) is 0 Å². The number of anilines is 1. The molecule has 0 atom stereocenters. The van der Waals surface area contributed by atoms with Crippen molar-refractivity contribution in [2.75, 3.05) is 18.4 Å². The maximum atomic E-state index is 12.5. The van der Waals surface area contributed by atoms with Gasteiger partial charge in [0.05, 0.1) is 5.56 Å². The average Bonchev–Trinajstić information content (AvgIpc) is 2.54. The summed E-state index contributed by atoms with van der Waals surface area (Å²) in [5.41, 5.74) is 1.75. The van der Waals surface area contributed by atoms with Gasteiger partial charge in [0.25, 0.3) is 5.91 Å². The van der Waals surface area contributed by atoms with E-state index in [0.717, 1.165) is 17.9 Å². The van der Waals surface area contributed by atoms with Crippen LogP contribution in [-0.4, -0.2) is 28.9 Å². The van der Waals surface area contributed by atoms with E-state index in [1.807, 2.05) is 61.2 Å². The van der Waals surface area contributed by atoms with Gasteiger partial charge in [-0.15, -0.1) is 0 Å². The predicted octanol–water partition coefficient (Wildman–Crippen LogP) is 3.18. The maximum absolute atomic E-state index is 12.5. The van der Waals surface area contributed by atoms with Gasteiger partial charge in [-0.2, -0.15) is 0 Å². The second-order valence-corrected chi connectivity index (χ2v) is 4.77. The maximum Gasteiger partial charge on any atom is 0.255 e. The Hall–Kier alpha value is -2.36. The van der Waals surface area contributed by atoms with Crippen LogP contribution in [0.25, 0.3) is 0 Å². The molecule has 2 rings (SSSR count). The Kier molecular flexibility index (Phi) is 5.32. The number of hydrogen-bond donors (Lipinski definition) is 1. The summed E-state index contributed by atoms with van der Waals surface area (Å²) in [6, 6.07) is 13.7. The van der Waals surface area contributed by atoms with Crippen molar-refractivity contribution in [3.8, 4) is 0 Å². The van der Waals surface area contributed by atoms with Crippen molar-refractivity contribution in [1.82, 2.24) is 9.88 Å². The molecular formula is C17H21N3O. The molecule has 0 bridgehead atoms. The van der Waals surface area contributed by atoms with Crippen LogP contribution in [-0.2, 0) is 6.54 Å². The predicted molar refractivity (Wildman–Crippen MR) is 85.3 cm³/mol. The highest BCUT2D eigenvalue weighted by Crippen LogP contribution is 2.11. The van der Waals surface area contributed by atoms with Gasteiger partial charge in [-0.1, -0.05) is 30.3 Å². The van der Waals surface area contributed by atoms with Gasteiger partial charge >= 0.3 is 0 Å². The molecule has 0 unspecified atom stereocenters. The first-order chi connectivity index (χ1) is 10.2. The molecule has 0 saturated carbocycles. The van der Waals surface area contributed by atoms with Crippen LogP contribution < -0.4 is 5.32 Å². The van der Waals surface area contributed by atoms with Crippen molar-refractivity contribution in [3.63, 3.8) is 0 Å². The molecule has 0 saturated heterocycles. The molecule has 2 aromatic rings. The highest BCUT2D eigenvalue weighted by Gasteiger charge is 2.14. The third-order valence-corrected chi connectivity index (χ3v) is 3.25. The molecule has 0 spiro atoms. The Morgan fingerprint density at radius 3 is 2.48 bits per heavy atom. The van der Waals surface area contributed by atoms with E-state index >= 15 is 0 Å². The third-order valence-electron chi connectivity index (χ3n) is 3.25. The second kappa shape index (κ2) is 7.43. The molecule has 1 N–H and O–H groups in total. The molecule has 4 heteroatoms. The fraction of sp³-hybridized carbons (Fsp3) is 0.294. The number of carbonyl (C=O) groups is 1. The standard InChI is InChI=1S/C17H21N3O/c1-3-18-16-11-10-15(12-19-16)17(21)20(4-2)13-14-8-6-5-7-9-14/h5-12H,3-4,13H2,1-2H3,(H,18,19). The van der Waals surface area contributed by atoms with Crippen molar-refractivity contribution < 1.29 is 4.79 Å². The Morgan fingerprint density at radius 2 is 1.90 bits per heavy atom. The largest absolute Gasteiger partial charge is 0.370 e. The molecule has 1 aromatic carbocycles. The van der Waals surface area contributed by atoms with Crippen molar-refractivity contribution in [3.05, 3.63) is 59.8 Å². The minimum atomic E-state index is 0.0110. The number of hydrogen-bond acceptors (Lipinski definition) is 3. The lowest BCUT2D eigenvalue weighted by Gasteiger charge is -2.21. The number of aromatic nitrogens is 1. The molecule has 21 heavy (non-hydrogen) atoms. The molecular weight excluding hydrogens is 262 g/mol. The lowest BCUT2D eigenvalue weighted by molar-refractivity contribution is 0.0752. The van der Waals surface area contributed by atoms with E-state index in [-0.39, 0.29) is 5.91 Å². The Balaban J connectivity index is 2.08. The van der Waals surface area contributed by atoms with Crippen LogP contribution in [0.4, 0.5) is 5.82 Å². The first-order valence-electron chi connectivity index (χ1n) is 7.27. The molecule has 0 aliphatic rings. The van der Waals surface area contributed by atoms with Crippen molar-refractivity contribution in [1.29, 1.82) is 0 Å². The minimum Gasteiger partial charge on any atom is -0.370 e. The molecule has 4 nitrogen and oxygen atoms in total. The molecule has 110 valence electrons. The van der Waals surface area contributed by atoms with Crippen LogP contribution in [0.15, 0.2) is 48.7 Å². The number of carbonyl (C=O) groups excluding carboxylic acids is 1. The Labute approximate surface area is 125 Å². The topological polar surface area (TPSA) is 45.2 Å². The van der Waals surface area contributed by atoms with Gasteiger partial charge in [0.2, 0.25) is 0 Å². The van der Waals surface area contributed by atoms with Crippen LogP contribution in [0.2, 0.25) is 0 Å². The van der Waals surface area contributed by atoms with Gasteiger partial charge in [-0.25, -0.2) is 4.98 Å². The smallest absolute Gasteiger partial charge is 0.255 e. The Morgan fingerprint density at radius 1 is 1.14 bits per heavy atom. The van der Waals surface area contributed by atoms with Crippen LogP contribution in [0.5, 0.6) is 0 Å². The monoisotopic (exact) mass is 283 g/mol. The average molecular weight is 283 g/mol. The molecule has 1 heterocycles. The first kappa shape index (κ1) is 15.0. The lowest BCUT2D eigenvalue weighted by atomic mass is 10.2. The summed E-state index contributed by atoms with van der Waals surface area (Å²) in [4.78, 5) is 18.6. The minimum absolute atomic E-state index is 0.0110.